The number of ketones is 1. The van der Waals surface area contributed by atoms with Gasteiger partial charge < -0.3 is 4.90 Å². The van der Waals surface area contributed by atoms with Gasteiger partial charge in [0.15, 0.2) is 5.78 Å². The van der Waals surface area contributed by atoms with Crippen molar-refractivity contribution in [2.45, 2.75) is 26.2 Å². The van der Waals surface area contributed by atoms with Crippen molar-refractivity contribution in [2.75, 3.05) is 18.0 Å². The van der Waals surface area contributed by atoms with Gasteiger partial charge in [-0.1, -0.05) is 31.2 Å². The van der Waals surface area contributed by atoms with Gasteiger partial charge in [-0.3, -0.25) is 14.2 Å². The van der Waals surface area contributed by atoms with E-state index in [1.165, 1.54) is 17.0 Å². The second-order valence-electron chi connectivity index (χ2n) is 7.59. The molecule has 1 fully saturated rings. The lowest BCUT2D eigenvalue weighted by atomic mass is 9.87. The molecule has 154 valence electrons. The van der Waals surface area contributed by atoms with E-state index in [4.69, 9.17) is 4.98 Å². The minimum absolute atomic E-state index is 0.119. The van der Waals surface area contributed by atoms with Crippen LogP contribution in [0.5, 0.6) is 0 Å². The fraction of sp³-hybridized carbons (Fsp3) is 0.348. The van der Waals surface area contributed by atoms with Crippen LogP contribution in [0, 0.1) is 5.92 Å². The molecule has 1 aliphatic rings. The topological polar surface area (TPSA) is 81.0 Å². The third-order valence-corrected chi connectivity index (χ3v) is 5.69. The van der Waals surface area contributed by atoms with Gasteiger partial charge in [0.25, 0.3) is 5.56 Å². The van der Waals surface area contributed by atoms with E-state index in [2.05, 4.69) is 16.9 Å². The molecule has 0 N–H and O–H groups in total. The van der Waals surface area contributed by atoms with Crippen molar-refractivity contribution in [1.29, 1.82) is 0 Å². The predicted molar refractivity (Wildman–Crippen MR) is 116 cm³/mol. The minimum atomic E-state index is -0.154. The van der Waals surface area contributed by atoms with E-state index in [1.807, 2.05) is 29.2 Å². The predicted octanol–water partition coefficient (Wildman–Crippen LogP) is 2.90. The molecule has 0 radical (unpaired) electrons. The van der Waals surface area contributed by atoms with E-state index < -0.39 is 0 Å². The first-order valence-electron chi connectivity index (χ1n) is 10.3. The SMILES string of the molecule is CCc1ccccc1C(=O)C1CCCN(c2nc(-c3ccncn3)cc(=O)n2C)C1. The molecule has 1 unspecified atom stereocenters. The van der Waals surface area contributed by atoms with Crippen molar-refractivity contribution in [2.24, 2.45) is 13.0 Å². The largest absolute Gasteiger partial charge is 0.341 e. The third-order valence-electron chi connectivity index (χ3n) is 5.69. The number of benzene rings is 1. The van der Waals surface area contributed by atoms with E-state index in [-0.39, 0.29) is 17.3 Å². The highest BCUT2D eigenvalue weighted by Gasteiger charge is 2.29. The Morgan fingerprint density at radius 2 is 2.03 bits per heavy atom. The van der Waals surface area contributed by atoms with Gasteiger partial charge >= 0.3 is 0 Å². The summed E-state index contributed by atoms with van der Waals surface area (Å²) in [6.45, 7) is 3.37. The quantitative estimate of drug-likeness (QED) is 0.610. The number of rotatable bonds is 5. The summed E-state index contributed by atoms with van der Waals surface area (Å²) in [7, 11) is 1.71. The molecule has 1 aliphatic heterocycles. The Hall–Kier alpha value is -3.35. The van der Waals surface area contributed by atoms with Gasteiger partial charge in [-0.2, -0.15) is 0 Å². The van der Waals surface area contributed by atoms with Crippen molar-refractivity contribution in [3.05, 3.63) is 70.4 Å². The summed E-state index contributed by atoms with van der Waals surface area (Å²) >= 11 is 0. The van der Waals surface area contributed by atoms with Crippen LogP contribution >= 0.6 is 0 Å². The van der Waals surface area contributed by atoms with Crippen molar-refractivity contribution >= 4 is 11.7 Å². The molecule has 1 atom stereocenters. The molecular weight excluding hydrogens is 378 g/mol. The summed E-state index contributed by atoms with van der Waals surface area (Å²) in [5, 5.41) is 0. The molecule has 0 aliphatic carbocycles. The zero-order chi connectivity index (χ0) is 21.1. The number of aryl methyl sites for hydroxylation is 1. The van der Waals surface area contributed by atoms with E-state index in [1.54, 1.807) is 19.3 Å². The Labute approximate surface area is 175 Å². The maximum absolute atomic E-state index is 13.3. The lowest BCUT2D eigenvalue weighted by Crippen LogP contribution is -2.42. The zero-order valence-electron chi connectivity index (χ0n) is 17.3. The fourth-order valence-electron chi connectivity index (χ4n) is 4.05. The van der Waals surface area contributed by atoms with Crippen LogP contribution in [0.25, 0.3) is 11.4 Å². The van der Waals surface area contributed by atoms with Crippen LogP contribution in [-0.2, 0) is 13.5 Å². The molecule has 0 spiro atoms. The molecule has 2 aromatic heterocycles. The van der Waals surface area contributed by atoms with Crippen molar-refractivity contribution in [3.63, 3.8) is 0 Å². The van der Waals surface area contributed by atoms with Gasteiger partial charge in [-0.05, 0) is 30.9 Å². The number of anilines is 1. The van der Waals surface area contributed by atoms with E-state index in [0.717, 1.165) is 36.9 Å². The summed E-state index contributed by atoms with van der Waals surface area (Å²) < 4.78 is 1.54. The molecule has 0 amide bonds. The zero-order valence-corrected chi connectivity index (χ0v) is 17.3. The second-order valence-corrected chi connectivity index (χ2v) is 7.59. The molecule has 1 aromatic carbocycles. The van der Waals surface area contributed by atoms with E-state index in [0.29, 0.717) is 23.9 Å². The van der Waals surface area contributed by atoms with Crippen molar-refractivity contribution in [1.82, 2.24) is 19.5 Å². The monoisotopic (exact) mass is 403 g/mol. The first kappa shape index (κ1) is 19.9. The highest BCUT2D eigenvalue weighted by Crippen LogP contribution is 2.26. The molecule has 0 bridgehead atoms. The van der Waals surface area contributed by atoms with Gasteiger partial charge in [-0.15, -0.1) is 0 Å². The van der Waals surface area contributed by atoms with E-state index in [9.17, 15) is 9.59 Å². The molecule has 0 saturated carbocycles. The first-order chi connectivity index (χ1) is 14.6. The highest BCUT2D eigenvalue weighted by molar-refractivity contribution is 5.99. The first-order valence-corrected chi connectivity index (χ1v) is 10.3. The minimum Gasteiger partial charge on any atom is -0.341 e. The summed E-state index contributed by atoms with van der Waals surface area (Å²) in [6.07, 6.45) is 5.61. The maximum atomic E-state index is 13.3. The van der Waals surface area contributed by atoms with Crippen LogP contribution in [0.4, 0.5) is 5.95 Å². The number of hydrogen-bond acceptors (Lipinski definition) is 6. The average Bonchev–Trinajstić information content (AvgIpc) is 2.81. The second kappa shape index (κ2) is 8.57. The number of Topliss-reactive ketones (excluding diaryl/α,β-unsaturated/α-hetero) is 1. The third kappa shape index (κ3) is 3.87. The standard InChI is InChI=1S/C23H25N5O2/c1-3-16-7-4-5-9-18(16)22(30)17-8-6-12-28(14-17)23-26-20(13-21(29)27(23)2)19-10-11-24-15-25-19/h4-5,7,9-11,13,15,17H,3,6,8,12,14H2,1-2H3. The molecule has 3 aromatic rings. The van der Waals surface area contributed by atoms with Crippen LogP contribution in [0.3, 0.4) is 0 Å². The number of nitrogens with zero attached hydrogens (tertiary/aromatic N) is 5. The van der Waals surface area contributed by atoms with Crippen LogP contribution in [-0.4, -0.2) is 38.4 Å². The molecule has 1 saturated heterocycles. The van der Waals surface area contributed by atoms with Gasteiger partial charge in [-0.25, -0.2) is 15.0 Å². The Balaban J connectivity index is 1.64. The molecule has 3 heterocycles. The lowest BCUT2D eigenvalue weighted by molar-refractivity contribution is 0.0905. The molecular formula is C23H25N5O2. The van der Waals surface area contributed by atoms with Crippen molar-refractivity contribution < 1.29 is 4.79 Å². The van der Waals surface area contributed by atoms with Gasteiger partial charge in [0.1, 0.15) is 6.33 Å². The summed E-state index contributed by atoms with van der Waals surface area (Å²) in [4.78, 5) is 40.7. The van der Waals surface area contributed by atoms with E-state index >= 15 is 0 Å². The summed E-state index contributed by atoms with van der Waals surface area (Å²) in [6, 6.07) is 11.0. The van der Waals surface area contributed by atoms with Crippen LogP contribution in [0.1, 0.15) is 35.7 Å². The van der Waals surface area contributed by atoms with Crippen molar-refractivity contribution in [3.8, 4) is 11.4 Å². The van der Waals surface area contributed by atoms with Crippen LogP contribution in [0.2, 0.25) is 0 Å². The Kier molecular flexibility index (Phi) is 5.70. The Bertz CT molecular complexity index is 1110. The molecule has 7 nitrogen and oxygen atoms in total. The number of carbonyl (C=O) groups excluding carboxylic acids is 1. The molecule has 30 heavy (non-hydrogen) atoms. The number of piperidine rings is 1. The van der Waals surface area contributed by atoms with Gasteiger partial charge in [0.05, 0.1) is 11.4 Å². The molecule has 4 rings (SSSR count). The van der Waals surface area contributed by atoms with Crippen LogP contribution < -0.4 is 10.5 Å². The fourth-order valence-corrected chi connectivity index (χ4v) is 4.05. The average molecular weight is 403 g/mol. The van der Waals surface area contributed by atoms with Gasteiger partial charge in [0.2, 0.25) is 5.95 Å². The number of hydrogen-bond donors (Lipinski definition) is 0. The smallest absolute Gasteiger partial charge is 0.255 e. The maximum Gasteiger partial charge on any atom is 0.255 e. The summed E-state index contributed by atoms with van der Waals surface area (Å²) in [5.74, 6) is 0.623. The lowest BCUT2D eigenvalue weighted by Gasteiger charge is -2.33. The Morgan fingerprint density at radius 1 is 1.20 bits per heavy atom. The molecule has 7 heteroatoms. The van der Waals surface area contributed by atoms with Crippen LogP contribution in [0.15, 0.2) is 53.7 Å². The van der Waals surface area contributed by atoms with Gasteiger partial charge in [0, 0.05) is 43.9 Å². The number of carbonyl (C=O) groups is 1. The normalized spacial score (nSPS) is 16.5. The number of aromatic nitrogens is 4. The summed E-state index contributed by atoms with van der Waals surface area (Å²) in [5.41, 5.74) is 2.85. The Morgan fingerprint density at radius 3 is 2.80 bits per heavy atom. The highest BCUT2D eigenvalue weighted by atomic mass is 16.1.